The average molecular weight is 307 g/mol. The van der Waals surface area contributed by atoms with Crippen molar-refractivity contribution in [3.8, 4) is 0 Å². The molecule has 0 aliphatic rings. The SMILES string of the molecule is Cc1cc(C)n(C(=O)c2nn(C)c(C(F)(F)F)c2Cl)n1. The van der Waals surface area contributed by atoms with Gasteiger partial charge < -0.3 is 0 Å². The van der Waals surface area contributed by atoms with E-state index in [1.54, 1.807) is 19.9 Å². The molecule has 2 aromatic heterocycles. The smallest absolute Gasteiger partial charge is 0.265 e. The van der Waals surface area contributed by atoms with Crippen molar-refractivity contribution in [2.45, 2.75) is 20.0 Å². The lowest BCUT2D eigenvalue weighted by atomic mass is 10.3. The molecule has 0 amide bonds. The molecular formula is C11H10ClF3N4O. The summed E-state index contributed by atoms with van der Waals surface area (Å²) < 4.78 is 39.9. The normalized spacial score (nSPS) is 11.9. The summed E-state index contributed by atoms with van der Waals surface area (Å²) in [5.41, 5.74) is -0.585. The molecule has 0 unspecified atom stereocenters. The lowest BCUT2D eigenvalue weighted by Gasteiger charge is -2.06. The summed E-state index contributed by atoms with van der Waals surface area (Å²) in [4.78, 5) is 12.2. The molecule has 0 bridgehead atoms. The molecule has 108 valence electrons. The molecule has 0 atom stereocenters. The minimum Gasteiger partial charge on any atom is -0.265 e. The van der Waals surface area contributed by atoms with E-state index in [2.05, 4.69) is 10.2 Å². The van der Waals surface area contributed by atoms with Gasteiger partial charge in [0.25, 0.3) is 5.91 Å². The van der Waals surface area contributed by atoms with Gasteiger partial charge in [-0.3, -0.25) is 9.48 Å². The first kappa shape index (κ1) is 14.6. The highest BCUT2D eigenvalue weighted by Gasteiger charge is 2.40. The van der Waals surface area contributed by atoms with Crippen LogP contribution in [0.3, 0.4) is 0 Å². The summed E-state index contributed by atoms with van der Waals surface area (Å²) in [5.74, 6) is -0.799. The summed E-state index contributed by atoms with van der Waals surface area (Å²) in [6, 6.07) is 1.62. The van der Waals surface area contributed by atoms with Crippen LogP contribution in [0.15, 0.2) is 6.07 Å². The Morgan fingerprint density at radius 3 is 2.30 bits per heavy atom. The fourth-order valence-electron chi connectivity index (χ4n) is 1.88. The monoisotopic (exact) mass is 306 g/mol. The Hall–Kier alpha value is -1.83. The van der Waals surface area contributed by atoms with E-state index in [9.17, 15) is 18.0 Å². The van der Waals surface area contributed by atoms with E-state index >= 15 is 0 Å². The molecule has 2 heterocycles. The van der Waals surface area contributed by atoms with E-state index in [4.69, 9.17) is 11.6 Å². The van der Waals surface area contributed by atoms with Crippen molar-refractivity contribution in [3.05, 3.63) is 33.9 Å². The van der Waals surface area contributed by atoms with Crippen LogP contribution >= 0.6 is 11.6 Å². The second kappa shape index (κ2) is 4.62. The lowest BCUT2D eigenvalue weighted by Crippen LogP contribution is -2.16. The highest BCUT2D eigenvalue weighted by molar-refractivity contribution is 6.34. The quantitative estimate of drug-likeness (QED) is 0.814. The van der Waals surface area contributed by atoms with Gasteiger partial charge in [0.05, 0.1) is 5.69 Å². The number of hydrogen-bond donors (Lipinski definition) is 0. The number of aryl methyl sites for hydroxylation is 3. The van der Waals surface area contributed by atoms with Gasteiger partial charge in [0.1, 0.15) is 5.02 Å². The van der Waals surface area contributed by atoms with Gasteiger partial charge in [0.15, 0.2) is 11.4 Å². The van der Waals surface area contributed by atoms with Crippen molar-refractivity contribution in [3.63, 3.8) is 0 Å². The molecule has 5 nitrogen and oxygen atoms in total. The van der Waals surface area contributed by atoms with Gasteiger partial charge in [0.2, 0.25) is 0 Å². The topological polar surface area (TPSA) is 52.7 Å². The van der Waals surface area contributed by atoms with Gasteiger partial charge in [-0.05, 0) is 19.9 Å². The van der Waals surface area contributed by atoms with Crippen LogP contribution in [-0.2, 0) is 13.2 Å². The molecule has 0 fully saturated rings. The van der Waals surface area contributed by atoms with Gasteiger partial charge in [-0.2, -0.15) is 28.1 Å². The summed E-state index contributed by atoms with van der Waals surface area (Å²) in [7, 11) is 1.08. The predicted molar refractivity (Wildman–Crippen MR) is 64.6 cm³/mol. The first-order chi connectivity index (χ1) is 9.12. The molecular weight excluding hydrogens is 297 g/mol. The molecule has 0 aromatic carbocycles. The maximum absolute atomic E-state index is 12.8. The van der Waals surface area contributed by atoms with E-state index in [1.807, 2.05) is 0 Å². The summed E-state index contributed by atoms with van der Waals surface area (Å²) in [6.07, 6.45) is -4.69. The van der Waals surface area contributed by atoms with E-state index < -0.39 is 28.5 Å². The van der Waals surface area contributed by atoms with Gasteiger partial charge in [0, 0.05) is 12.7 Å². The van der Waals surface area contributed by atoms with Crippen LogP contribution in [0.1, 0.15) is 27.6 Å². The van der Waals surface area contributed by atoms with E-state index in [0.29, 0.717) is 16.1 Å². The Morgan fingerprint density at radius 2 is 1.90 bits per heavy atom. The molecule has 2 aromatic rings. The van der Waals surface area contributed by atoms with Crippen LogP contribution < -0.4 is 0 Å². The second-order valence-corrected chi connectivity index (χ2v) is 4.65. The average Bonchev–Trinajstić information content (AvgIpc) is 2.77. The minimum atomic E-state index is -4.69. The van der Waals surface area contributed by atoms with Crippen LogP contribution in [0.2, 0.25) is 5.02 Å². The third-order valence-corrected chi connectivity index (χ3v) is 3.02. The second-order valence-electron chi connectivity index (χ2n) is 4.28. The number of hydrogen-bond acceptors (Lipinski definition) is 3. The third kappa shape index (κ3) is 2.31. The van der Waals surface area contributed by atoms with Crippen LogP contribution in [0.25, 0.3) is 0 Å². The molecule has 0 aliphatic heterocycles. The Labute approximate surface area is 116 Å². The fraction of sp³-hybridized carbons (Fsp3) is 0.364. The van der Waals surface area contributed by atoms with Crippen LogP contribution in [0, 0.1) is 13.8 Å². The first-order valence-electron chi connectivity index (χ1n) is 5.50. The van der Waals surface area contributed by atoms with E-state index in [1.165, 1.54) is 0 Å². The zero-order valence-corrected chi connectivity index (χ0v) is 11.5. The van der Waals surface area contributed by atoms with Crippen molar-refractivity contribution < 1.29 is 18.0 Å². The molecule has 2 rings (SSSR count). The summed E-state index contributed by atoms with van der Waals surface area (Å²) in [6.45, 7) is 3.28. The van der Waals surface area contributed by atoms with Crippen molar-refractivity contribution in [1.82, 2.24) is 19.6 Å². The maximum atomic E-state index is 12.8. The fourth-order valence-corrected chi connectivity index (χ4v) is 2.23. The Balaban J connectivity index is 2.55. The van der Waals surface area contributed by atoms with Gasteiger partial charge in [-0.1, -0.05) is 11.6 Å². The lowest BCUT2D eigenvalue weighted by molar-refractivity contribution is -0.143. The number of aromatic nitrogens is 4. The van der Waals surface area contributed by atoms with Gasteiger partial charge in [-0.25, -0.2) is 0 Å². The zero-order valence-electron chi connectivity index (χ0n) is 10.8. The molecule has 20 heavy (non-hydrogen) atoms. The highest BCUT2D eigenvalue weighted by atomic mass is 35.5. The van der Waals surface area contributed by atoms with Crippen molar-refractivity contribution in [2.75, 3.05) is 0 Å². The Bertz CT molecular complexity index is 687. The maximum Gasteiger partial charge on any atom is 0.434 e. The molecule has 9 heteroatoms. The first-order valence-corrected chi connectivity index (χ1v) is 5.88. The van der Waals surface area contributed by atoms with Gasteiger partial charge in [-0.15, -0.1) is 0 Å². The number of carbonyl (C=O) groups excluding carboxylic acids is 1. The third-order valence-electron chi connectivity index (χ3n) is 2.66. The van der Waals surface area contributed by atoms with Crippen molar-refractivity contribution in [2.24, 2.45) is 7.05 Å². The molecule has 0 saturated heterocycles. The van der Waals surface area contributed by atoms with Crippen LogP contribution in [0.5, 0.6) is 0 Å². The minimum absolute atomic E-state index is 0.479. The van der Waals surface area contributed by atoms with Crippen molar-refractivity contribution >= 4 is 17.5 Å². The van der Waals surface area contributed by atoms with Crippen LogP contribution in [-0.4, -0.2) is 25.5 Å². The zero-order chi connectivity index (χ0) is 15.2. The Morgan fingerprint density at radius 1 is 1.30 bits per heavy atom. The molecule has 0 radical (unpaired) electrons. The number of rotatable bonds is 1. The molecule has 0 N–H and O–H groups in total. The van der Waals surface area contributed by atoms with E-state index in [-0.39, 0.29) is 0 Å². The van der Waals surface area contributed by atoms with Gasteiger partial charge >= 0.3 is 6.18 Å². The Kier molecular flexibility index (Phi) is 3.37. The number of nitrogens with zero attached hydrogens (tertiary/aromatic N) is 4. The number of carbonyl (C=O) groups is 1. The van der Waals surface area contributed by atoms with Crippen LogP contribution in [0.4, 0.5) is 13.2 Å². The summed E-state index contributed by atoms with van der Waals surface area (Å²) >= 11 is 5.65. The highest BCUT2D eigenvalue weighted by Crippen LogP contribution is 2.36. The number of alkyl halides is 3. The number of halogens is 4. The summed E-state index contributed by atoms with van der Waals surface area (Å²) in [5, 5.41) is 6.74. The van der Waals surface area contributed by atoms with E-state index in [0.717, 1.165) is 11.7 Å². The molecule has 0 aliphatic carbocycles. The largest absolute Gasteiger partial charge is 0.434 e. The van der Waals surface area contributed by atoms with Crippen molar-refractivity contribution in [1.29, 1.82) is 0 Å². The predicted octanol–water partition coefficient (Wildman–Crippen LogP) is 2.59. The molecule has 0 saturated carbocycles. The molecule has 0 spiro atoms. The standard InChI is InChI=1S/C11H10ClF3N4O/c1-5-4-6(2)19(16-5)10(20)8-7(12)9(11(13,14)15)18(3)17-8/h4H,1-3H3.